The van der Waals surface area contributed by atoms with E-state index in [0.29, 0.717) is 4.90 Å². The SMILES string of the molecule is NC1COCC1C(=O)N(CCO)CC(F)(F)F. The van der Waals surface area contributed by atoms with Gasteiger partial charge in [-0.15, -0.1) is 0 Å². The number of nitrogens with two attached hydrogens (primary N) is 1. The van der Waals surface area contributed by atoms with Gasteiger partial charge in [0.25, 0.3) is 0 Å². The molecular formula is C9H15F3N2O3. The topological polar surface area (TPSA) is 75.8 Å². The highest BCUT2D eigenvalue weighted by Gasteiger charge is 2.38. The molecule has 1 fully saturated rings. The van der Waals surface area contributed by atoms with Crippen molar-refractivity contribution in [3.8, 4) is 0 Å². The third-order valence-electron chi connectivity index (χ3n) is 2.49. The molecule has 5 nitrogen and oxygen atoms in total. The predicted molar refractivity (Wildman–Crippen MR) is 52.0 cm³/mol. The second-order valence-electron chi connectivity index (χ2n) is 3.91. The van der Waals surface area contributed by atoms with Gasteiger partial charge in [0.15, 0.2) is 0 Å². The van der Waals surface area contributed by atoms with E-state index in [1.165, 1.54) is 0 Å². The Morgan fingerprint density at radius 2 is 2.12 bits per heavy atom. The van der Waals surface area contributed by atoms with Gasteiger partial charge in [0.2, 0.25) is 5.91 Å². The lowest BCUT2D eigenvalue weighted by Gasteiger charge is -2.26. The van der Waals surface area contributed by atoms with Crippen LogP contribution < -0.4 is 5.73 Å². The first-order valence-corrected chi connectivity index (χ1v) is 5.15. The van der Waals surface area contributed by atoms with Crippen LogP contribution in [-0.2, 0) is 9.53 Å². The first kappa shape index (κ1) is 14.2. The van der Waals surface area contributed by atoms with E-state index in [1.54, 1.807) is 0 Å². The average Bonchev–Trinajstić information content (AvgIpc) is 2.61. The van der Waals surface area contributed by atoms with Gasteiger partial charge in [-0.2, -0.15) is 13.2 Å². The number of ether oxygens (including phenoxy) is 1. The Morgan fingerprint density at radius 1 is 1.47 bits per heavy atom. The first-order chi connectivity index (χ1) is 7.85. The van der Waals surface area contributed by atoms with E-state index < -0.39 is 37.2 Å². The summed E-state index contributed by atoms with van der Waals surface area (Å²) >= 11 is 0. The van der Waals surface area contributed by atoms with E-state index in [0.717, 1.165) is 0 Å². The maximum Gasteiger partial charge on any atom is 0.406 e. The van der Waals surface area contributed by atoms with Gasteiger partial charge in [-0.05, 0) is 0 Å². The normalized spacial score (nSPS) is 25.0. The van der Waals surface area contributed by atoms with Crippen molar-refractivity contribution in [1.29, 1.82) is 0 Å². The highest BCUT2D eigenvalue weighted by atomic mass is 19.4. The zero-order valence-corrected chi connectivity index (χ0v) is 9.11. The van der Waals surface area contributed by atoms with E-state index >= 15 is 0 Å². The molecule has 0 aliphatic carbocycles. The largest absolute Gasteiger partial charge is 0.406 e. The predicted octanol–water partition coefficient (Wildman–Crippen LogP) is -0.657. The summed E-state index contributed by atoms with van der Waals surface area (Å²) in [5, 5.41) is 8.67. The van der Waals surface area contributed by atoms with Crippen LogP contribution in [-0.4, -0.2) is 61.0 Å². The zero-order chi connectivity index (χ0) is 13.1. The molecule has 3 N–H and O–H groups in total. The van der Waals surface area contributed by atoms with Crippen LogP contribution in [0.5, 0.6) is 0 Å². The van der Waals surface area contributed by atoms with E-state index in [9.17, 15) is 18.0 Å². The molecule has 17 heavy (non-hydrogen) atoms. The van der Waals surface area contributed by atoms with Crippen molar-refractivity contribution >= 4 is 5.91 Å². The van der Waals surface area contributed by atoms with Crippen LogP contribution in [0.2, 0.25) is 0 Å². The summed E-state index contributed by atoms with van der Waals surface area (Å²) in [6.07, 6.45) is -4.49. The van der Waals surface area contributed by atoms with Crippen LogP contribution in [0.25, 0.3) is 0 Å². The number of aliphatic hydroxyl groups is 1. The van der Waals surface area contributed by atoms with Gasteiger partial charge in [-0.1, -0.05) is 0 Å². The molecule has 0 aromatic carbocycles. The number of hydrogen-bond donors (Lipinski definition) is 2. The first-order valence-electron chi connectivity index (χ1n) is 5.15. The molecule has 0 spiro atoms. The molecule has 1 heterocycles. The Morgan fingerprint density at radius 3 is 2.53 bits per heavy atom. The molecule has 0 aromatic rings. The van der Waals surface area contributed by atoms with Gasteiger partial charge < -0.3 is 20.5 Å². The molecule has 8 heteroatoms. The lowest BCUT2D eigenvalue weighted by Crippen LogP contribution is -2.47. The summed E-state index contributed by atoms with van der Waals surface area (Å²) in [4.78, 5) is 12.3. The van der Waals surface area contributed by atoms with Crippen molar-refractivity contribution in [2.75, 3.05) is 32.9 Å². The molecule has 0 aromatic heterocycles. The highest BCUT2D eigenvalue weighted by molar-refractivity contribution is 5.80. The van der Waals surface area contributed by atoms with Crippen molar-refractivity contribution in [3.63, 3.8) is 0 Å². The molecule has 100 valence electrons. The monoisotopic (exact) mass is 256 g/mol. The number of aliphatic hydroxyl groups excluding tert-OH is 1. The van der Waals surface area contributed by atoms with E-state index in [-0.39, 0.29) is 19.8 Å². The molecule has 1 aliphatic heterocycles. The quantitative estimate of drug-likeness (QED) is 0.700. The van der Waals surface area contributed by atoms with E-state index in [1.807, 2.05) is 0 Å². The van der Waals surface area contributed by atoms with E-state index in [2.05, 4.69) is 0 Å². The molecular weight excluding hydrogens is 241 g/mol. The number of rotatable bonds is 4. The minimum absolute atomic E-state index is 0.0276. The zero-order valence-electron chi connectivity index (χ0n) is 9.11. The van der Waals surface area contributed by atoms with Gasteiger partial charge in [0, 0.05) is 12.6 Å². The number of nitrogens with zero attached hydrogens (tertiary/aromatic N) is 1. The number of amides is 1. The summed E-state index contributed by atoms with van der Waals surface area (Å²) in [7, 11) is 0. The van der Waals surface area contributed by atoms with Gasteiger partial charge in [-0.3, -0.25) is 4.79 Å². The van der Waals surface area contributed by atoms with Crippen LogP contribution in [0, 0.1) is 5.92 Å². The van der Waals surface area contributed by atoms with Crippen LogP contribution in [0.15, 0.2) is 0 Å². The van der Waals surface area contributed by atoms with Crippen molar-refractivity contribution in [3.05, 3.63) is 0 Å². The van der Waals surface area contributed by atoms with Gasteiger partial charge >= 0.3 is 6.18 Å². The van der Waals surface area contributed by atoms with Crippen molar-refractivity contribution in [2.45, 2.75) is 12.2 Å². The molecule has 2 atom stereocenters. The summed E-state index contributed by atoms with van der Waals surface area (Å²) in [6.45, 7) is -2.07. The van der Waals surface area contributed by atoms with E-state index in [4.69, 9.17) is 15.6 Å². The van der Waals surface area contributed by atoms with Crippen LogP contribution in [0.3, 0.4) is 0 Å². The molecule has 1 rings (SSSR count). The number of alkyl halides is 3. The standard InChI is InChI=1S/C9H15F3N2O3/c10-9(11,12)5-14(1-2-15)8(16)6-3-17-4-7(6)13/h6-7,15H,1-5,13H2. The second-order valence-corrected chi connectivity index (χ2v) is 3.91. The fourth-order valence-corrected chi connectivity index (χ4v) is 1.66. The fraction of sp³-hybridized carbons (Fsp3) is 0.889. The molecule has 0 bridgehead atoms. The average molecular weight is 256 g/mol. The van der Waals surface area contributed by atoms with Gasteiger partial charge in [-0.25, -0.2) is 0 Å². The molecule has 0 saturated carbocycles. The minimum Gasteiger partial charge on any atom is -0.395 e. The Bertz CT molecular complexity index is 273. The second kappa shape index (κ2) is 5.65. The Hall–Kier alpha value is -0.860. The van der Waals surface area contributed by atoms with Gasteiger partial charge in [0.05, 0.1) is 25.7 Å². The summed E-state index contributed by atoms with van der Waals surface area (Å²) < 4.78 is 41.6. The maximum absolute atomic E-state index is 12.2. The van der Waals surface area contributed by atoms with Crippen molar-refractivity contribution < 1.29 is 27.8 Å². The third kappa shape index (κ3) is 4.14. The number of carbonyl (C=O) groups is 1. The van der Waals surface area contributed by atoms with Gasteiger partial charge in [0.1, 0.15) is 6.54 Å². The van der Waals surface area contributed by atoms with Crippen molar-refractivity contribution in [2.24, 2.45) is 11.7 Å². The highest BCUT2D eigenvalue weighted by Crippen LogP contribution is 2.20. The Balaban J connectivity index is 2.66. The lowest BCUT2D eigenvalue weighted by molar-refractivity contribution is -0.164. The maximum atomic E-state index is 12.2. The van der Waals surface area contributed by atoms with Crippen LogP contribution >= 0.6 is 0 Å². The summed E-state index contributed by atoms with van der Waals surface area (Å²) in [5.41, 5.74) is 5.56. The lowest BCUT2D eigenvalue weighted by atomic mass is 10.0. The third-order valence-corrected chi connectivity index (χ3v) is 2.49. The van der Waals surface area contributed by atoms with Crippen LogP contribution in [0.1, 0.15) is 0 Å². The Kier molecular flexibility index (Phi) is 4.72. The molecule has 1 saturated heterocycles. The number of halogens is 3. The van der Waals surface area contributed by atoms with Crippen LogP contribution in [0.4, 0.5) is 13.2 Å². The molecule has 1 amide bonds. The number of carbonyl (C=O) groups excluding carboxylic acids is 1. The Labute approximate surface area is 96.3 Å². The molecule has 0 radical (unpaired) electrons. The molecule has 2 unspecified atom stereocenters. The summed E-state index contributed by atoms with van der Waals surface area (Å²) in [5.74, 6) is -1.48. The smallest absolute Gasteiger partial charge is 0.395 e. The minimum atomic E-state index is -4.49. The fourth-order valence-electron chi connectivity index (χ4n) is 1.66. The molecule has 1 aliphatic rings. The van der Waals surface area contributed by atoms with Crippen molar-refractivity contribution in [1.82, 2.24) is 4.90 Å². The summed E-state index contributed by atoms with van der Waals surface area (Å²) in [6, 6.07) is -0.586. The number of hydrogen-bond acceptors (Lipinski definition) is 4.